The second kappa shape index (κ2) is 8.00. The van der Waals surface area contributed by atoms with Crippen LogP contribution in [-0.4, -0.2) is 47.1 Å². The van der Waals surface area contributed by atoms with Gasteiger partial charge in [-0.25, -0.2) is 0 Å². The maximum atomic E-state index is 12.1. The third-order valence-corrected chi connectivity index (χ3v) is 3.13. The quantitative estimate of drug-likeness (QED) is 0.840. The average Bonchev–Trinajstić information content (AvgIpc) is 2.41. The fourth-order valence-electron chi connectivity index (χ4n) is 1.87. The summed E-state index contributed by atoms with van der Waals surface area (Å²) in [5.41, 5.74) is 0.405. The number of hydrogen-bond acceptors (Lipinski definition) is 3. The van der Waals surface area contributed by atoms with Crippen molar-refractivity contribution in [3.05, 3.63) is 34.9 Å². The molecule has 1 rings (SSSR count). The number of hydrogen-bond donors (Lipinski definition) is 2. The lowest BCUT2D eigenvalue weighted by atomic mass is 10.2. The maximum Gasteiger partial charge on any atom is 0.251 e. The third kappa shape index (κ3) is 5.73. The minimum absolute atomic E-state index is 0.0461. The third-order valence-electron chi connectivity index (χ3n) is 2.89. The highest BCUT2D eigenvalue weighted by molar-refractivity contribution is 6.30. The molecule has 1 aromatic rings. The zero-order valence-corrected chi connectivity index (χ0v) is 13.2. The minimum Gasteiger partial charge on any atom is -0.392 e. The SMILES string of the molecule is CC(O)CN(C(=O)CNC(=O)c1cccc(Cl)c1)C(C)C. The molecule has 1 atom stereocenters. The van der Waals surface area contributed by atoms with Gasteiger partial charge in [-0.15, -0.1) is 0 Å². The number of carbonyl (C=O) groups is 2. The normalized spacial score (nSPS) is 12.1. The standard InChI is InChI=1S/C15H21ClN2O3/c1-10(2)18(9-11(3)19)14(20)8-17-15(21)12-5-4-6-13(16)7-12/h4-7,10-11,19H,8-9H2,1-3H3,(H,17,21). The van der Waals surface area contributed by atoms with Crippen molar-refractivity contribution in [3.8, 4) is 0 Å². The highest BCUT2D eigenvalue weighted by atomic mass is 35.5. The van der Waals surface area contributed by atoms with E-state index in [0.29, 0.717) is 10.6 Å². The topological polar surface area (TPSA) is 69.6 Å². The zero-order chi connectivity index (χ0) is 16.0. The molecule has 21 heavy (non-hydrogen) atoms. The lowest BCUT2D eigenvalue weighted by Crippen LogP contribution is -2.46. The van der Waals surface area contributed by atoms with Gasteiger partial charge in [-0.1, -0.05) is 17.7 Å². The van der Waals surface area contributed by atoms with E-state index in [9.17, 15) is 14.7 Å². The van der Waals surface area contributed by atoms with E-state index in [1.165, 1.54) is 11.0 Å². The molecule has 116 valence electrons. The summed E-state index contributed by atoms with van der Waals surface area (Å²) in [7, 11) is 0. The van der Waals surface area contributed by atoms with E-state index in [1.807, 2.05) is 13.8 Å². The number of benzene rings is 1. The number of amides is 2. The van der Waals surface area contributed by atoms with Crippen molar-refractivity contribution in [2.45, 2.75) is 32.9 Å². The molecule has 0 aliphatic heterocycles. The second-order valence-corrected chi connectivity index (χ2v) is 5.62. The lowest BCUT2D eigenvalue weighted by molar-refractivity contribution is -0.133. The van der Waals surface area contributed by atoms with Crippen LogP contribution in [0.3, 0.4) is 0 Å². The summed E-state index contributed by atoms with van der Waals surface area (Å²) >= 11 is 5.82. The van der Waals surface area contributed by atoms with E-state index in [-0.39, 0.29) is 30.9 Å². The Morgan fingerprint density at radius 3 is 2.52 bits per heavy atom. The Hall–Kier alpha value is -1.59. The molecule has 0 radical (unpaired) electrons. The van der Waals surface area contributed by atoms with Gasteiger partial charge in [0.2, 0.25) is 5.91 Å². The number of aliphatic hydroxyl groups excluding tert-OH is 1. The first kappa shape index (κ1) is 17.5. The molecule has 2 amide bonds. The summed E-state index contributed by atoms with van der Waals surface area (Å²) in [4.78, 5) is 25.6. The van der Waals surface area contributed by atoms with E-state index in [0.717, 1.165) is 0 Å². The smallest absolute Gasteiger partial charge is 0.251 e. The molecule has 0 saturated heterocycles. The van der Waals surface area contributed by atoms with Crippen LogP contribution < -0.4 is 5.32 Å². The van der Waals surface area contributed by atoms with Crippen molar-refractivity contribution in [1.29, 1.82) is 0 Å². The summed E-state index contributed by atoms with van der Waals surface area (Å²) in [5, 5.41) is 12.4. The number of carbonyl (C=O) groups excluding carboxylic acids is 2. The Labute approximate surface area is 129 Å². The van der Waals surface area contributed by atoms with Gasteiger partial charge in [-0.2, -0.15) is 0 Å². The summed E-state index contributed by atoms with van der Waals surface area (Å²) in [6.45, 7) is 5.46. The molecular weight excluding hydrogens is 292 g/mol. The summed E-state index contributed by atoms with van der Waals surface area (Å²) in [6, 6.07) is 6.47. The Morgan fingerprint density at radius 1 is 1.33 bits per heavy atom. The Kier molecular flexibility index (Phi) is 6.65. The number of nitrogens with zero attached hydrogens (tertiary/aromatic N) is 1. The number of nitrogens with one attached hydrogen (secondary N) is 1. The van der Waals surface area contributed by atoms with Crippen LogP contribution in [0.15, 0.2) is 24.3 Å². The average molecular weight is 313 g/mol. The van der Waals surface area contributed by atoms with Crippen LogP contribution in [0.25, 0.3) is 0 Å². The van der Waals surface area contributed by atoms with Gasteiger partial charge in [0.15, 0.2) is 0 Å². The molecule has 0 aliphatic rings. The number of aliphatic hydroxyl groups is 1. The van der Waals surface area contributed by atoms with Crippen molar-refractivity contribution < 1.29 is 14.7 Å². The lowest BCUT2D eigenvalue weighted by Gasteiger charge is -2.28. The molecule has 0 heterocycles. The van der Waals surface area contributed by atoms with Gasteiger partial charge in [0.25, 0.3) is 5.91 Å². The van der Waals surface area contributed by atoms with Crippen molar-refractivity contribution in [2.75, 3.05) is 13.1 Å². The fourth-order valence-corrected chi connectivity index (χ4v) is 2.06. The van der Waals surface area contributed by atoms with Crippen LogP contribution in [0.2, 0.25) is 5.02 Å². The molecule has 0 bridgehead atoms. The van der Waals surface area contributed by atoms with Crippen LogP contribution in [0, 0.1) is 0 Å². The largest absolute Gasteiger partial charge is 0.392 e. The number of rotatable bonds is 6. The van der Waals surface area contributed by atoms with Gasteiger partial charge in [0.1, 0.15) is 0 Å². The molecule has 5 nitrogen and oxygen atoms in total. The molecule has 1 unspecified atom stereocenters. The maximum absolute atomic E-state index is 12.1. The van der Waals surface area contributed by atoms with E-state index in [2.05, 4.69) is 5.32 Å². The van der Waals surface area contributed by atoms with Crippen molar-refractivity contribution in [3.63, 3.8) is 0 Å². The first-order chi connectivity index (χ1) is 9.81. The Bertz CT molecular complexity index is 503. The van der Waals surface area contributed by atoms with Gasteiger partial charge in [-0.05, 0) is 39.0 Å². The molecule has 2 N–H and O–H groups in total. The first-order valence-electron chi connectivity index (χ1n) is 6.82. The van der Waals surface area contributed by atoms with Crippen molar-refractivity contribution >= 4 is 23.4 Å². The monoisotopic (exact) mass is 312 g/mol. The van der Waals surface area contributed by atoms with Gasteiger partial charge in [-0.3, -0.25) is 9.59 Å². The predicted molar refractivity (Wildman–Crippen MR) is 82.3 cm³/mol. The molecule has 0 aliphatic carbocycles. The van der Waals surface area contributed by atoms with Gasteiger partial charge in [0.05, 0.1) is 12.6 Å². The summed E-state index contributed by atoms with van der Waals surface area (Å²) in [5.74, 6) is -0.590. The molecule has 0 aromatic heterocycles. The second-order valence-electron chi connectivity index (χ2n) is 5.18. The van der Waals surface area contributed by atoms with Crippen molar-refractivity contribution in [2.24, 2.45) is 0 Å². The summed E-state index contributed by atoms with van der Waals surface area (Å²) < 4.78 is 0. The highest BCUT2D eigenvalue weighted by Gasteiger charge is 2.19. The van der Waals surface area contributed by atoms with Gasteiger partial charge >= 0.3 is 0 Å². The van der Waals surface area contributed by atoms with Crippen LogP contribution >= 0.6 is 11.6 Å². The summed E-state index contributed by atoms with van der Waals surface area (Å²) in [6.07, 6.45) is -0.611. The highest BCUT2D eigenvalue weighted by Crippen LogP contribution is 2.10. The molecule has 0 saturated carbocycles. The molecule has 0 fully saturated rings. The molecule has 0 spiro atoms. The van der Waals surface area contributed by atoms with Crippen LogP contribution in [0.5, 0.6) is 0 Å². The predicted octanol–water partition coefficient (Wildman–Crippen LogP) is 1.69. The first-order valence-corrected chi connectivity index (χ1v) is 7.20. The fraction of sp³-hybridized carbons (Fsp3) is 0.467. The van der Waals surface area contributed by atoms with E-state index >= 15 is 0 Å². The van der Waals surface area contributed by atoms with Gasteiger partial charge in [0, 0.05) is 23.2 Å². The zero-order valence-electron chi connectivity index (χ0n) is 12.5. The van der Waals surface area contributed by atoms with Crippen LogP contribution in [-0.2, 0) is 4.79 Å². The number of halogens is 1. The Morgan fingerprint density at radius 2 is 2.00 bits per heavy atom. The van der Waals surface area contributed by atoms with Crippen molar-refractivity contribution in [1.82, 2.24) is 10.2 Å². The van der Waals surface area contributed by atoms with Crippen LogP contribution in [0.1, 0.15) is 31.1 Å². The molecule has 1 aromatic carbocycles. The van der Waals surface area contributed by atoms with E-state index < -0.39 is 6.10 Å². The minimum atomic E-state index is -0.611. The van der Waals surface area contributed by atoms with E-state index in [1.54, 1.807) is 25.1 Å². The van der Waals surface area contributed by atoms with E-state index in [4.69, 9.17) is 11.6 Å². The molecule has 6 heteroatoms. The van der Waals surface area contributed by atoms with Crippen LogP contribution in [0.4, 0.5) is 0 Å². The molecular formula is C15H21ClN2O3. The van der Waals surface area contributed by atoms with Gasteiger partial charge < -0.3 is 15.3 Å². The Balaban J connectivity index is 2.60.